The summed E-state index contributed by atoms with van der Waals surface area (Å²) >= 11 is 3.53. The molecule has 5 nitrogen and oxygen atoms in total. The SMILES string of the molecule is CCOc1cc(/C=C2\C(=O)ON=C2c2ccccc2)cc(Br)c1OCc1cccc(F)c1. The van der Waals surface area contributed by atoms with Crippen LogP contribution in [0.4, 0.5) is 4.39 Å². The van der Waals surface area contributed by atoms with Crippen LogP contribution in [0.5, 0.6) is 11.5 Å². The van der Waals surface area contributed by atoms with Crippen molar-refractivity contribution in [3.05, 3.63) is 99.3 Å². The van der Waals surface area contributed by atoms with Crippen molar-refractivity contribution in [1.29, 1.82) is 0 Å². The van der Waals surface area contributed by atoms with Crippen LogP contribution in [0.2, 0.25) is 0 Å². The van der Waals surface area contributed by atoms with E-state index in [1.165, 1.54) is 12.1 Å². The van der Waals surface area contributed by atoms with Gasteiger partial charge in [0.1, 0.15) is 18.1 Å². The van der Waals surface area contributed by atoms with Gasteiger partial charge in [0.2, 0.25) is 0 Å². The van der Waals surface area contributed by atoms with Crippen molar-refractivity contribution in [3.8, 4) is 11.5 Å². The third kappa shape index (κ3) is 4.89. The first kappa shape index (κ1) is 21.8. The Labute approximate surface area is 193 Å². The van der Waals surface area contributed by atoms with E-state index < -0.39 is 5.97 Å². The highest BCUT2D eigenvalue weighted by Crippen LogP contribution is 2.38. The maximum atomic E-state index is 13.5. The lowest BCUT2D eigenvalue weighted by Crippen LogP contribution is -2.07. The predicted molar refractivity (Wildman–Crippen MR) is 123 cm³/mol. The van der Waals surface area contributed by atoms with Gasteiger partial charge in [0.25, 0.3) is 0 Å². The van der Waals surface area contributed by atoms with Crippen molar-refractivity contribution in [1.82, 2.24) is 0 Å². The summed E-state index contributed by atoms with van der Waals surface area (Å²) in [5.41, 5.74) is 3.00. The molecule has 0 amide bonds. The minimum absolute atomic E-state index is 0.175. The Balaban J connectivity index is 1.65. The molecule has 0 fully saturated rings. The van der Waals surface area contributed by atoms with Crippen molar-refractivity contribution in [2.24, 2.45) is 5.16 Å². The summed E-state index contributed by atoms with van der Waals surface area (Å²) in [5.74, 6) is 0.139. The van der Waals surface area contributed by atoms with E-state index in [1.54, 1.807) is 24.3 Å². The third-order valence-corrected chi connectivity index (χ3v) is 5.25. The Morgan fingerprint density at radius 3 is 2.62 bits per heavy atom. The van der Waals surface area contributed by atoms with Crippen molar-refractivity contribution in [2.45, 2.75) is 13.5 Å². The average Bonchev–Trinajstić information content (AvgIpc) is 3.14. The minimum Gasteiger partial charge on any atom is -0.490 e. The molecule has 0 aromatic heterocycles. The van der Waals surface area contributed by atoms with Crippen LogP contribution < -0.4 is 9.47 Å². The van der Waals surface area contributed by atoms with E-state index in [9.17, 15) is 9.18 Å². The van der Waals surface area contributed by atoms with Gasteiger partial charge in [-0.2, -0.15) is 0 Å². The van der Waals surface area contributed by atoms with Gasteiger partial charge in [-0.25, -0.2) is 9.18 Å². The molecular formula is C25H19BrFNO4. The summed E-state index contributed by atoms with van der Waals surface area (Å²) in [6, 6.07) is 19.1. The van der Waals surface area contributed by atoms with Crippen LogP contribution in [-0.4, -0.2) is 18.3 Å². The van der Waals surface area contributed by atoms with E-state index in [2.05, 4.69) is 21.1 Å². The fourth-order valence-corrected chi connectivity index (χ4v) is 3.81. The Bertz CT molecular complexity index is 1210. The van der Waals surface area contributed by atoms with Gasteiger partial charge < -0.3 is 14.3 Å². The number of benzene rings is 3. The molecule has 4 rings (SSSR count). The predicted octanol–water partition coefficient (Wildman–Crippen LogP) is 5.91. The lowest BCUT2D eigenvalue weighted by Gasteiger charge is -2.15. The van der Waals surface area contributed by atoms with Crippen LogP contribution in [0.1, 0.15) is 23.6 Å². The van der Waals surface area contributed by atoms with Gasteiger partial charge in [0.15, 0.2) is 11.5 Å². The number of hydrogen-bond acceptors (Lipinski definition) is 5. The molecule has 162 valence electrons. The van der Waals surface area contributed by atoms with Crippen LogP contribution >= 0.6 is 15.9 Å². The largest absolute Gasteiger partial charge is 0.490 e. The van der Waals surface area contributed by atoms with Crippen molar-refractivity contribution < 1.29 is 23.5 Å². The summed E-state index contributed by atoms with van der Waals surface area (Å²) < 4.78 is 25.8. The van der Waals surface area contributed by atoms with Gasteiger partial charge in [0.05, 0.1) is 16.7 Å². The molecule has 1 aliphatic heterocycles. The minimum atomic E-state index is -0.524. The Kier molecular flexibility index (Phi) is 6.66. The highest BCUT2D eigenvalue weighted by atomic mass is 79.9. The second-order valence-electron chi connectivity index (χ2n) is 6.92. The molecule has 0 saturated heterocycles. The summed E-state index contributed by atoms with van der Waals surface area (Å²) in [6.07, 6.45) is 1.70. The zero-order chi connectivity index (χ0) is 22.5. The number of halogens is 2. The topological polar surface area (TPSA) is 57.1 Å². The summed E-state index contributed by atoms with van der Waals surface area (Å²) in [5, 5.41) is 3.93. The third-order valence-electron chi connectivity index (χ3n) is 4.66. The number of hydrogen-bond donors (Lipinski definition) is 0. The van der Waals surface area contributed by atoms with Crippen LogP contribution in [0.25, 0.3) is 6.08 Å². The number of oxime groups is 1. The van der Waals surface area contributed by atoms with Crippen LogP contribution in [-0.2, 0) is 16.2 Å². The van der Waals surface area contributed by atoms with E-state index in [-0.39, 0.29) is 12.4 Å². The van der Waals surface area contributed by atoms with Gasteiger partial charge in [-0.1, -0.05) is 47.6 Å². The quantitative estimate of drug-likeness (QED) is 0.302. The lowest BCUT2D eigenvalue weighted by molar-refractivity contribution is -0.136. The van der Waals surface area contributed by atoms with Crippen molar-refractivity contribution in [2.75, 3.05) is 6.61 Å². The molecule has 32 heavy (non-hydrogen) atoms. The first-order valence-corrected chi connectivity index (χ1v) is 10.7. The van der Waals surface area contributed by atoms with Crippen LogP contribution in [0.15, 0.2) is 81.9 Å². The van der Waals surface area contributed by atoms with E-state index >= 15 is 0 Å². The molecule has 0 bridgehead atoms. The highest BCUT2D eigenvalue weighted by molar-refractivity contribution is 9.10. The molecule has 0 atom stereocenters. The molecule has 1 heterocycles. The maximum Gasteiger partial charge on any atom is 0.368 e. The van der Waals surface area contributed by atoms with E-state index in [0.29, 0.717) is 45.0 Å². The molecule has 0 unspecified atom stereocenters. The zero-order valence-electron chi connectivity index (χ0n) is 17.2. The summed E-state index contributed by atoms with van der Waals surface area (Å²) in [7, 11) is 0. The van der Waals surface area contributed by atoms with Crippen LogP contribution in [0.3, 0.4) is 0 Å². The Morgan fingerprint density at radius 1 is 1.06 bits per heavy atom. The molecule has 0 spiro atoms. The van der Waals surface area contributed by atoms with Crippen molar-refractivity contribution in [3.63, 3.8) is 0 Å². The molecule has 0 radical (unpaired) electrons. The number of ether oxygens (including phenoxy) is 2. The Morgan fingerprint density at radius 2 is 1.88 bits per heavy atom. The monoisotopic (exact) mass is 495 g/mol. The first-order valence-electron chi connectivity index (χ1n) is 9.95. The number of nitrogens with zero attached hydrogens (tertiary/aromatic N) is 1. The molecule has 1 aliphatic rings. The van der Waals surface area contributed by atoms with E-state index in [0.717, 1.165) is 5.56 Å². The summed E-state index contributed by atoms with van der Waals surface area (Å²) in [6.45, 7) is 2.46. The number of rotatable bonds is 7. The van der Waals surface area contributed by atoms with Gasteiger partial charge in [0, 0.05) is 5.56 Å². The second-order valence-corrected chi connectivity index (χ2v) is 7.78. The van der Waals surface area contributed by atoms with E-state index in [1.807, 2.05) is 43.3 Å². The normalized spacial score (nSPS) is 14.3. The van der Waals surface area contributed by atoms with Gasteiger partial charge in [-0.3, -0.25) is 0 Å². The number of carbonyl (C=O) groups excluding carboxylic acids is 1. The molecule has 3 aromatic rings. The van der Waals surface area contributed by atoms with Gasteiger partial charge in [-0.05, 0) is 64.3 Å². The first-order chi connectivity index (χ1) is 15.5. The molecule has 0 aliphatic carbocycles. The smallest absolute Gasteiger partial charge is 0.368 e. The fraction of sp³-hybridized carbons (Fsp3) is 0.120. The molecule has 3 aromatic carbocycles. The second kappa shape index (κ2) is 9.78. The highest BCUT2D eigenvalue weighted by Gasteiger charge is 2.27. The van der Waals surface area contributed by atoms with Crippen molar-refractivity contribution >= 4 is 33.7 Å². The van der Waals surface area contributed by atoms with Gasteiger partial charge in [-0.15, -0.1) is 0 Å². The Hall–Kier alpha value is -3.45. The molecule has 0 N–H and O–H groups in total. The molecular weight excluding hydrogens is 477 g/mol. The lowest BCUT2D eigenvalue weighted by atomic mass is 10.0. The average molecular weight is 496 g/mol. The summed E-state index contributed by atoms with van der Waals surface area (Å²) in [4.78, 5) is 17.2. The number of carbonyl (C=O) groups is 1. The zero-order valence-corrected chi connectivity index (χ0v) is 18.8. The van der Waals surface area contributed by atoms with E-state index in [4.69, 9.17) is 14.3 Å². The molecule has 0 saturated carbocycles. The molecule has 7 heteroatoms. The standard InChI is InChI=1S/C25H19BrFNO4/c1-2-30-22-14-17(12-20-23(28-32-25(20)29)18-8-4-3-5-9-18)13-21(26)24(22)31-15-16-7-6-10-19(27)11-16/h3-14H,2,15H2,1H3/b20-12-. The van der Waals surface area contributed by atoms with Crippen LogP contribution in [0, 0.1) is 5.82 Å². The fourth-order valence-electron chi connectivity index (χ4n) is 3.24. The maximum absolute atomic E-state index is 13.5. The van der Waals surface area contributed by atoms with Gasteiger partial charge >= 0.3 is 5.97 Å².